The van der Waals surface area contributed by atoms with E-state index >= 15 is 0 Å². The van der Waals surface area contributed by atoms with Crippen LogP contribution in [0.4, 0.5) is 11.4 Å². The number of amides is 4. The Balaban J connectivity index is 1.72. The quantitative estimate of drug-likeness (QED) is 0.0649. The summed E-state index contributed by atoms with van der Waals surface area (Å²) < 4.78 is 0. The van der Waals surface area contributed by atoms with Gasteiger partial charge in [-0.25, -0.2) is 10.4 Å². The number of non-ortho nitro benzene ring substituents is 1. The molecule has 5 N–H and O–H groups in total. The van der Waals surface area contributed by atoms with E-state index in [1.807, 2.05) is 0 Å². The monoisotopic (exact) mass is 545 g/mol. The van der Waals surface area contributed by atoms with E-state index in [4.69, 9.17) is 16.0 Å². The second-order valence-electron chi connectivity index (χ2n) is 8.90. The molecule has 2 fully saturated rings. The van der Waals surface area contributed by atoms with Gasteiger partial charge >= 0.3 is 0 Å². The topological polar surface area (TPSA) is 232 Å². The summed E-state index contributed by atoms with van der Waals surface area (Å²) in [5, 5.41) is 28.0. The number of rotatable bonds is 11. The number of nitrogens with one attached hydrogen (secondary N) is 3. The number of nitrogens with two attached hydrogens (primary N) is 1. The minimum atomic E-state index is -1.48. The van der Waals surface area contributed by atoms with Gasteiger partial charge in [0.25, 0.3) is 23.4 Å². The van der Waals surface area contributed by atoms with Crippen molar-refractivity contribution in [1.29, 1.82) is 5.41 Å². The van der Waals surface area contributed by atoms with Gasteiger partial charge in [-0.05, 0) is 37.8 Å². The SMILES string of the molecule is CON1C(=O)CC(=O)C1C(=O)N1CCC[C@H]1C(=O)N[C@@H](CCCNC(=N)N)C(=O)[N]c1ccc([N+](=O)[O-])cc1. The largest absolute Gasteiger partial charge is 0.370 e. The molecule has 0 saturated carbocycles. The molecule has 1 unspecified atom stereocenters. The van der Waals surface area contributed by atoms with Crippen LogP contribution in [0.25, 0.3) is 0 Å². The van der Waals surface area contributed by atoms with Gasteiger partial charge in [-0.1, -0.05) is 0 Å². The lowest BCUT2D eigenvalue weighted by molar-refractivity contribution is -0.384. The van der Waals surface area contributed by atoms with Gasteiger partial charge in [0.1, 0.15) is 12.1 Å². The average Bonchev–Trinajstić information content (AvgIpc) is 3.49. The van der Waals surface area contributed by atoms with Crippen molar-refractivity contribution in [2.24, 2.45) is 5.73 Å². The molecule has 209 valence electrons. The van der Waals surface area contributed by atoms with Crippen LogP contribution >= 0.6 is 0 Å². The van der Waals surface area contributed by atoms with Gasteiger partial charge in [0, 0.05) is 25.2 Å². The Labute approximate surface area is 222 Å². The van der Waals surface area contributed by atoms with Gasteiger partial charge in [0.2, 0.25) is 5.91 Å². The summed E-state index contributed by atoms with van der Waals surface area (Å²) >= 11 is 0. The van der Waals surface area contributed by atoms with Crippen LogP contribution in [-0.4, -0.2) is 88.6 Å². The van der Waals surface area contributed by atoms with Gasteiger partial charge < -0.3 is 21.3 Å². The van der Waals surface area contributed by atoms with Gasteiger partial charge in [-0.3, -0.25) is 44.3 Å². The molecule has 39 heavy (non-hydrogen) atoms. The highest BCUT2D eigenvalue weighted by Crippen LogP contribution is 2.24. The first kappa shape index (κ1) is 29.0. The molecular formula is C23H29N8O8. The molecule has 3 rings (SSSR count). The molecule has 1 aromatic rings. The summed E-state index contributed by atoms with van der Waals surface area (Å²) in [6.45, 7) is 0.409. The highest BCUT2D eigenvalue weighted by Gasteiger charge is 2.48. The molecule has 2 aliphatic rings. The molecule has 3 atom stereocenters. The van der Waals surface area contributed by atoms with E-state index in [0.29, 0.717) is 17.9 Å². The maximum absolute atomic E-state index is 13.3. The Morgan fingerprint density at radius 3 is 2.59 bits per heavy atom. The third-order valence-corrected chi connectivity index (χ3v) is 6.28. The predicted molar refractivity (Wildman–Crippen MR) is 133 cm³/mol. The highest BCUT2D eigenvalue weighted by atomic mass is 16.7. The second kappa shape index (κ2) is 12.8. The van der Waals surface area contributed by atoms with Gasteiger partial charge in [0.05, 0.1) is 24.1 Å². The third-order valence-electron chi connectivity index (χ3n) is 6.28. The Bertz CT molecular complexity index is 1160. The number of Topliss-reactive ketones (excluding diaryl/α,β-unsaturated/α-hetero) is 1. The first-order chi connectivity index (χ1) is 18.5. The number of nitro benzene ring substituents is 1. The summed E-state index contributed by atoms with van der Waals surface area (Å²) in [6, 6.07) is 1.38. The molecule has 2 heterocycles. The van der Waals surface area contributed by atoms with Crippen molar-refractivity contribution < 1.29 is 33.7 Å². The number of nitrogens with zero attached hydrogens (tertiary/aromatic N) is 4. The lowest BCUT2D eigenvalue weighted by Crippen LogP contribution is -2.56. The Kier molecular flexibility index (Phi) is 9.48. The third kappa shape index (κ3) is 7.04. The minimum Gasteiger partial charge on any atom is -0.370 e. The van der Waals surface area contributed by atoms with E-state index in [9.17, 15) is 34.1 Å². The lowest BCUT2D eigenvalue weighted by atomic mass is 10.1. The molecule has 4 amide bonds. The van der Waals surface area contributed by atoms with Gasteiger partial charge in [0.15, 0.2) is 17.8 Å². The van der Waals surface area contributed by atoms with Crippen molar-refractivity contribution in [1.82, 2.24) is 25.9 Å². The fourth-order valence-corrected chi connectivity index (χ4v) is 4.41. The number of benzene rings is 1. The predicted octanol–water partition coefficient (Wildman–Crippen LogP) is -1.17. The van der Waals surface area contributed by atoms with Crippen molar-refractivity contribution in [3.8, 4) is 0 Å². The second-order valence-corrected chi connectivity index (χ2v) is 8.90. The maximum Gasteiger partial charge on any atom is 0.269 e. The van der Waals surface area contributed by atoms with E-state index in [1.165, 1.54) is 29.2 Å². The number of carbonyl (C=O) groups is 5. The molecule has 16 nitrogen and oxygen atoms in total. The standard InChI is InChI=1S/C23H29N8O8/c1-39-30-18(33)12-17(32)19(30)22(36)29-11-3-5-16(29)21(35)28-15(4-2-10-26-23(24)25)20(34)27-13-6-8-14(9-7-13)31(37)38/h6-9,15-16,19H,2-5,10-12H2,1H3,(H,28,35)(H4,24,25,26)/t15-,16-,19?/m0/s1. The minimum absolute atomic E-state index is 0.106. The number of hydrogen-bond acceptors (Lipinski definition) is 9. The smallest absolute Gasteiger partial charge is 0.269 e. The van der Waals surface area contributed by atoms with Crippen LogP contribution in [0.1, 0.15) is 32.1 Å². The van der Waals surface area contributed by atoms with E-state index in [-0.39, 0.29) is 43.3 Å². The summed E-state index contributed by atoms with van der Waals surface area (Å²) in [5.74, 6) is -3.65. The molecule has 2 aliphatic heterocycles. The van der Waals surface area contributed by atoms with Crippen LogP contribution in [-0.2, 0) is 28.8 Å². The number of hydrogen-bond donors (Lipinski definition) is 4. The van der Waals surface area contributed by atoms with Crippen LogP contribution in [0, 0.1) is 15.5 Å². The van der Waals surface area contributed by atoms with Crippen molar-refractivity contribution in [2.45, 2.75) is 50.2 Å². The molecule has 1 radical (unpaired) electrons. The zero-order valence-electron chi connectivity index (χ0n) is 21.1. The van der Waals surface area contributed by atoms with E-state index in [0.717, 1.165) is 7.11 Å². The Hall–Kier alpha value is -4.60. The van der Waals surface area contributed by atoms with Crippen LogP contribution in [0.2, 0.25) is 0 Å². The number of hydroxylamine groups is 2. The lowest BCUT2D eigenvalue weighted by Gasteiger charge is -2.29. The summed E-state index contributed by atoms with van der Waals surface area (Å²) in [7, 11) is 1.16. The number of guanidine groups is 1. The molecule has 2 saturated heterocycles. The molecule has 0 spiro atoms. The molecule has 0 aliphatic carbocycles. The summed E-state index contributed by atoms with van der Waals surface area (Å²) in [5.41, 5.74) is 5.24. The summed E-state index contributed by atoms with van der Waals surface area (Å²) in [6.07, 6.45) is 0.672. The van der Waals surface area contributed by atoms with Gasteiger partial charge in [-0.15, -0.1) is 0 Å². The number of likely N-dealkylation sites (tertiary alicyclic amines) is 1. The van der Waals surface area contributed by atoms with Crippen LogP contribution in [0.5, 0.6) is 0 Å². The number of carbonyl (C=O) groups excluding carboxylic acids is 5. The zero-order valence-corrected chi connectivity index (χ0v) is 21.1. The van der Waals surface area contributed by atoms with E-state index < -0.39 is 58.9 Å². The number of nitro groups is 1. The molecule has 0 aromatic heterocycles. The normalized spacial score (nSPS) is 19.5. The summed E-state index contributed by atoms with van der Waals surface area (Å²) in [4.78, 5) is 80.1. The first-order valence-corrected chi connectivity index (χ1v) is 12.1. The van der Waals surface area contributed by atoms with Crippen molar-refractivity contribution >= 4 is 46.7 Å². The van der Waals surface area contributed by atoms with Gasteiger partial charge in [-0.2, -0.15) is 0 Å². The molecule has 1 aromatic carbocycles. The fourth-order valence-electron chi connectivity index (χ4n) is 4.41. The zero-order chi connectivity index (χ0) is 28.7. The maximum atomic E-state index is 13.3. The van der Waals surface area contributed by atoms with E-state index in [2.05, 4.69) is 16.0 Å². The van der Waals surface area contributed by atoms with Crippen molar-refractivity contribution in [3.05, 3.63) is 34.4 Å². The highest BCUT2D eigenvalue weighted by molar-refractivity contribution is 6.18. The van der Waals surface area contributed by atoms with E-state index in [1.54, 1.807) is 0 Å². The fraction of sp³-hybridized carbons (Fsp3) is 0.478. The van der Waals surface area contributed by atoms with Crippen LogP contribution in [0.3, 0.4) is 0 Å². The first-order valence-electron chi connectivity index (χ1n) is 12.1. The van der Waals surface area contributed by atoms with Crippen molar-refractivity contribution in [3.63, 3.8) is 0 Å². The Morgan fingerprint density at radius 2 is 1.97 bits per heavy atom. The number of ketones is 1. The van der Waals surface area contributed by atoms with Crippen molar-refractivity contribution in [2.75, 3.05) is 20.2 Å². The molecular weight excluding hydrogens is 516 g/mol. The molecule has 16 heteroatoms. The average molecular weight is 546 g/mol. The van der Waals surface area contributed by atoms with Crippen LogP contribution < -0.4 is 21.7 Å². The molecule has 0 bridgehead atoms. The van der Waals surface area contributed by atoms with Crippen LogP contribution in [0.15, 0.2) is 24.3 Å². The Morgan fingerprint density at radius 1 is 1.28 bits per heavy atom.